The summed E-state index contributed by atoms with van der Waals surface area (Å²) in [4.78, 5) is 11.0. The van der Waals surface area contributed by atoms with Gasteiger partial charge < -0.3 is 14.9 Å². The number of hydrogen-bond donors (Lipinski definition) is 3. The summed E-state index contributed by atoms with van der Waals surface area (Å²) in [7, 11) is 1.49. The molecule has 0 bridgehead atoms. The number of nitrogens with one attached hydrogen (secondary N) is 1. The van der Waals surface area contributed by atoms with Crippen molar-refractivity contribution in [2.24, 2.45) is 5.92 Å². The zero-order valence-electron chi connectivity index (χ0n) is 9.69. The van der Waals surface area contributed by atoms with Crippen molar-refractivity contribution >= 4 is 5.97 Å². The molecule has 0 aromatic rings. The first-order valence-electron chi connectivity index (χ1n) is 5.77. The van der Waals surface area contributed by atoms with Gasteiger partial charge in [0.25, 0.3) is 0 Å². The molecule has 0 aliphatic heterocycles. The zero-order chi connectivity index (χ0) is 12.0. The van der Waals surface area contributed by atoms with Crippen LogP contribution in [-0.2, 0) is 9.53 Å². The van der Waals surface area contributed by atoms with Crippen LogP contribution >= 0.6 is 0 Å². The van der Waals surface area contributed by atoms with Crippen molar-refractivity contribution in [2.45, 2.75) is 37.8 Å². The van der Waals surface area contributed by atoms with Crippen LogP contribution in [0.5, 0.6) is 0 Å². The van der Waals surface area contributed by atoms with Crippen LogP contribution in [0.4, 0.5) is 0 Å². The van der Waals surface area contributed by atoms with Gasteiger partial charge in [0.2, 0.25) is 0 Å². The molecule has 94 valence electrons. The number of aliphatic hydroxyl groups is 1. The summed E-state index contributed by atoms with van der Waals surface area (Å²) in [6.07, 6.45) is 4.10. The van der Waals surface area contributed by atoms with Gasteiger partial charge >= 0.3 is 5.97 Å². The topological polar surface area (TPSA) is 78.8 Å². The number of rotatable bonds is 6. The van der Waals surface area contributed by atoms with Gasteiger partial charge in [0.05, 0.1) is 6.61 Å². The summed E-state index contributed by atoms with van der Waals surface area (Å²) in [6, 6.07) is -0.586. The molecule has 3 unspecified atom stereocenters. The number of ether oxygens (including phenoxy) is 1. The summed E-state index contributed by atoms with van der Waals surface area (Å²) in [6.45, 7) is 0.279. The van der Waals surface area contributed by atoms with Crippen LogP contribution in [0.15, 0.2) is 0 Å². The fraction of sp³-hybridized carbons (Fsp3) is 0.909. The molecule has 0 radical (unpaired) electrons. The molecule has 1 rings (SSSR count). The van der Waals surface area contributed by atoms with Gasteiger partial charge in [-0.15, -0.1) is 0 Å². The Morgan fingerprint density at radius 3 is 2.75 bits per heavy atom. The SMILES string of the molecule is COCC(NC1CCCCC1CO)C(=O)O. The average Bonchev–Trinajstić information content (AvgIpc) is 2.29. The quantitative estimate of drug-likeness (QED) is 0.609. The van der Waals surface area contributed by atoms with E-state index in [4.69, 9.17) is 9.84 Å². The van der Waals surface area contributed by atoms with Gasteiger partial charge in [-0.2, -0.15) is 0 Å². The number of methoxy groups -OCH3 is 1. The van der Waals surface area contributed by atoms with Crippen molar-refractivity contribution in [2.75, 3.05) is 20.3 Å². The summed E-state index contributed by atoms with van der Waals surface area (Å²) >= 11 is 0. The second-order valence-corrected chi connectivity index (χ2v) is 4.35. The second kappa shape index (κ2) is 6.83. The minimum absolute atomic E-state index is 0.0926. The van der Waals surface area contributed by atoms with E-state index in [1.807, 2.05) is 0 Å². The first-order valence-corrected chi connectivity index (χ1v) is 5.77. The van der Waals surface area contributed by atoms with Crippen LogP contribution in [0.2, 0.25) is 0 Å². The monoisotopic (exact) mass is 231 g/mol. The number of aliphatic carboxylic acids is 1. The van der Waals surface area contributed by atoms with Crippen LogP contribution in [0.3, 0.4) is 0 Å². The highest BCUT2D eigenvalue weighted by Gasteiger charge is 2.28. The Kier molecular flexibility index (Phi) is 5.73. The maximum absolute atomic E-state index is 11.0. The minimum Gasteiger partial charge on any atom is -0.480 e. The predicted molar refractivity (Wildman–Crippen MR) is 59.3 cm³/mol. The van der Waals surface area contributed by atoms with Gasteiger partial charge in [-0.25, -0.2) is 0 Å². The molecule has 3 N–H and O–H groups in total. The highest BCUT2D eigenvalue weighted by atomic mass is 16.5. The fourth-order valence-electron chi connectivity index (χ4n) is 2.26. The Labute approximate surface area is 95.8 Å². The Bertz CT molecular complexity index is 222. The summed E-state index contributed by atoms with van der Waals surface area (Å²) in [5, 5.41) is 21.3. The molecule has 5 heteroatoms. The zero-order valence-corrected chi connectivity index (χ0v) is 9.69. The van der Waals surface area contributed by atoms with E-state index in [1.54, 1.807) is 0 Å². The van der Waals surface area contributed by atoms with Gasteiger partial charge in [-0.05, 0) is 18.8 Å². The highest BCUT2D eigenvalue weighted by molar-refractivity contribution is 5.73. The Balaban J connectivity index is 2.50. The molecule has 0 aromatic carbocycles. The molecule has 0 aromatic heterocycles. The van der Waals surface area contributed by atoms with Crippen molar-refractivity contribution in [3.63, 3.8) is 0 Å². The molecule has 16 heavy (non-hydrogen) atoms. The normalized spacial score (nSPS) is 27.6. The van der Waals surface area contributed by atoms with Crippen LogP contribution in [0.25, 0.3) is 0 Å². The number of carboxylic acids is 1. The van der Waals surface area contributed by atoms with Gasteiger partial charge in [-0.3, -0.25) is 10.1 Å². The highest BCUT2D eigenvalue weighted by Crippen LogP contribution is 2.24. The van der Waals surface area contributed by atoms with E-state index in [1.165, 1.54) is 7.11 Å². The van der Waals surface area contributed by atoms with E-state index < -0.39 is 12.0 Å². The Morgan fingerprint density at radius 2 is 2.19 bits per heavy atom. The summed E-state index contributed by atoms with van der Waals surface area (Å²) < 4.78 is 4.87. The van der Waals surface area contributed by atoms with Crippen molar-refractivity contribution in [1.82, 2.24) is 5.32 Å². The van der Waals surface area contributed by atoms with E-state index in [-0.39, 0.29) is 25.2 Å². The third-order valence-electron chi connectivity index (χ3n) is 3.19. The molecule has 1 fully saturated rings. The number of hydrogen-bond acceptors (Lipinski definition) is 4. The van der Waals surface area contributed by atoms with Crippen LogP contribution in [0, 0.1) is 5.92 Å². The molecule has 0 spiro atoms. The van der Waals surface area contributed by atoms with Gasteiger partial charge in [0.15, 0.2) is 0 Å². The molecular weight excluding hydrogens is 210 g/mol. The van der Waals surface area contributed by atoms with E-state index in [2.05, 4.69) is 5.32 Å². The second-order valence-electron chi connectivity index (χ2n) is 4.35. The molecule has 3 atom stereocenters. The molecule has 5 nitrogen and oxygen atoms in total. The lowest BCUT2D eigenvalue weighted by atomic mass is 9.84. The average molecular weight is 231 g/mol. The smallest absolute Gasteiger partial charge is 0.323 e. The first-order chi connectivity index (χ1) is 7.69. The molecule has 1 saturated carbocycles. The standard InChI is InChI=1S/C11H21NO4/c1-16-7-10(11(14)15)12-9-5-3-2-4-8(9)6-13/h8-10,12-13H,2-7H2,1H3,(H,14,15). The third-order valence-corrected chi connectivity index (χ3v) is 3.19. The van der Waals surface area contributed by atoms with Crippen LogP contribution in [-0.4, -0.2) is 48.6 Å². The lowest BCUT2D eigenvalue weighted by Gasteiger charge is -2.33. The molecular formula is C11H21NO4. The van der Waals surface area contributed by atoms with Crippen molar-refractivity contribution < 1.29 is 19.7 Å². The van der Waals surface area contributed by atoms with Crippen LogP contribution < -0.4 is 5.32 Å². The first kappa shape index (κ1) is 13.4. The van der Waals surface area contributed by atoms with Crippen molar-refractivity contribution in [1.29, 1.82) is 0 Å². The van der Waals surface area contributed by atoms with E-state index in [0.29, 0.717) is 0 Å². The third kappa shape index (κ3) is 3.73. The molecule has 0 saturated heterocycles. The maximum Gasteiger partial charge on any atom is 0.323 e. The summed E-state index contributed by atoms with van der Waals surface area (Å²) in [5.41, 5.74) is 0. The van der Waals surface area contributed by atoms with Gasteiger partial charge in [-0.1, -0.05) is 12.8 Å². The minimum atomic E-state index is -0.899. The van der Waals surface area contributed by atoms with Crippen LogP contribution in [0.1, 0.15) is 25.7 Å². The fourth-order valence-corrected chi connectivity index (χ4v) is 2.26. The van der Waals surface area contributed by atoms with E-state index in [0.717, 1.165) is 25.7 Å². The van der Waals surface area contributed by atoms with Gasteiger partial charge in [0.1, 0.15) is 6.04 Å². The van der Waals surface area contributed by atoms with Crippen molar-refractivity contribution in [3.8, 4) is 0 Å². The Morgan fingerprint density at radius 1 is 1.50 bits per heavy atom. The summed E-state index contributed by atoms with van der Waals surface area (Å²) in [5.74, 6) is -0.725. The molecule has 1 aliphatic carbocycles. The molecule has 0 heterocycles. The van der Waals surface area contributed by atoms with Crippen molar-refractivity contribution in [3.05, 3.63) is 0 Å². The molecule has 1 aliphatic rings. The number of carbonyl (C=O) groups is 1. The maximum atomic E-state index is 11.0. The Hall–Kier alpha value is -0.650. The largest absolute Gasteiger partial charge is 0.480 e. The van der Waals surface area contributed by atoms with Gasteiger partial charge in [0, 0.05) is 19.8 Å². The lowest BCUT2D eigenvalue weighted by molar-refractivity contribution is -0.141. The number of carboxylic acid groups (broad SMARTS) is 1. The van der Waals surface area contributed by atoms with E-state index in [9.17, 15) is 9.90 Å². The molecule has 0 amide bonds. The lowest BCUT2D eigenvalue weighted by Crippen LogP contribution is -2.50. The predicted octanol–water partition coefficient (Wildman–Crippen LogP) is 0.227. The van der Waals surface area contributed by atoms with E-state index >= 15 is 0 Å². The number of aliphatic hydroxyl groups excluding tert-OH is 1.